The van der Waals surface area contributed by atoms with E-state index in [0.717, 1.165) is 5.56 Å². The predicted octanol–water partition coefficient (Wildman–Crippen LogP) is 3.73. The van der Waals surface area contributed by atoms with Crippen LogP contribution in [0.15, 0.2) is 64.3 Å². The molecule has 7 heteroatoms. The SMILES string of the molecule is CC(=O)c1c(OS(=O)(=O)c2ccc(C)cc2)c(C)c(C)n(-c2ccccc2)c1=O. The Morgan fingerprint density at radius 1 is 0.931 bits per heavy atom. The lowest BCUT2D eigenvalue weighted by atomic mass is 10.1. The Kier molecular flexibility index (Phi) is 5.44. The summed E-state index contributed by atoms with van der Waals surface area (Å²) in [7, 11) is -4.22. The maximum Gasteiger partial charge on any atom is 0.339 e. The highest BCUT2D eigenvalue weighted by Gasteiger charge is 2.27. The molecule has 0 saturated carbocycles. The first-order valence-corrected chi connectivity index (χ1v) is 10.4. The molecular formula is C22H21NO5S. The zero-order valence-corrected chi connectivity index (χ0v) is 17.4. The second kappa shape index (κ2) is 7.67. The van der Waals surface area contributed by atoms with Crippen LogP contribution in [0.5, 0.6) is 5.75 Å². The van der Waals surface area contributed by atoms with Crippen molar-refractivity contribution < 1.29 is 17.4 Å². The van der Waals surface area contributed by atoms with Crippen molar-refractivity contribution in [3.05, 3.63) is 87.3 Å². The minimum atomic E-state index is -4.22. The van der Waals surface area contributed by atoms with Gasteiger partial charge in [0, 0.05) is 16.9 Å². The van der Waals surface area contributed by atoms with Gasteiger partial charge in [-0.3, -0.25) is 14.2 Å². The van der Waals surface area contributed by atoms with Crippen molar-refractivity contribution in [2.75, 3.05) is 0 Å². The van der Waals surface area contributed by atoms with E-state index in [9.17, 15) is 18.0 Å². The number of rotatable bonds is 5. The first-order chi connectivity index (χ1) is 13.6. The third kappa shape index (κ3) is 3.86. The van der Waals surface area contributed by atoms with E-state index in [1.54, 1.807) is 50.2 Å². The van der Waals surface area contributed by atoms with Crippen molar-refractivity contribution in [3.8, 4) is 11.4 Å². The van der Waals surface area contributed by atoms with Crippen molar-refractivity contribution in [2.45, 2.75) is 32.6 Å². The van der Waals surface area contributed by atoms with Crippen LogP contribution in [0.2, 0.25) is 0 Å². The Balaban J connectivity index is 2.24. The highest BCUT2D eigenvalue weighted by Crippen LogP contribution is 2.29. The van der Waals surface area contributed by atoms with Crippen LogP contribution in [-0.2, 0) is 10.1 Å². The van der Waals surface area contributed by atoms with Crippen LogP contribution < -0.4 is 9.74 Å². The van der Waals surface area contributed by atoms with Crippen LogP contribution in [0.25, 0.3) is 5.69 Å². The van der Waals surface area contributed by atoms with Crippen molar-refractivity contribution in [3.63, 3.8) is 0 Å². The van der Waals surface area contributed by atoms with E-state index < -0.39 is 21.5 Å². The molecule has 0 bridgehead atoms. The van der Waals surface area contributed by atoms with E-state index in [1.165, 1.54) is 23.6 Å². The quantitative estimate of drug-likeness (QED) is 0.472. The Bertz CT molecular complexity index is 1240. The van der Waals surface area contributed by atoms with E-state index in [4.69, 9.17) is 4.18 Å². The minimum absolute atomic E-state index is 0.0538. The Morgan fingerprint density at radius 2 is 1.52 bits per heavy atom. The van der Waals surface area contributed by atoms with Crippen molar-refractivity contribution in [1.29, 1.82) is 0 Å². The third-order valence-corrected chi connectivity index (χ3v) is 5.97. The average molecular weight is 411 g/mol. The molecule has 0 saturated heterocycles. The van der Waals surface area contributed by atoms with Gasteiger partial charge in [-0.05, 0) is 52.0 Å². The number of carbonyl (C=O) groups is 1. The number of para-hydroxylation sites is 1. The van der Waals surface area contributed by atoms with Gasteiger partial charge in [-0.25, -0.2) is 0 Å². The van der Waals surface area contributed by atoms with Gasteiger partial charge in [-0.2, -0.15) is 8.42 Å². The van der Waals surface area contributed by atoms with Gasteiger partial charge in [0.15, 0.2) is 11.5 Å². The van der Waals surface area contributed by atoms with Crippen LogP contribution >= 0.6 is 0 Å². The number of carbonyl (C=O) groups excluding carboxylic acids is 1. The second-order valence-corrected chi connectivity index (χ2v) is 8.34. The summed E-state index contributed by atoms with van der Waals surface area (Å²) in [5.74, 6) is -0.801. The summed E-state index contributed by atoms with van der Waals surface area (Å²) in [4.78, 5) is 25.4. The van der Waals surface area contributed by atoms with E-state index >= 15 is 0 Å². The first kappa shape index (κ1) is 20.5. The standard InChI is InChI=1S/C22H21NO5S/c1-14-10-12-19(13-11-14)29(26,27)28-21-15(2)16(3)23(18-8-6-5-7-9-18)22(25)20(21)17(4)24/h5-13H,1-4H3. The Hall–Kier alpha value is -3.19. The largest absolute Gasteiger partial charge is 0.378 e. The molecule has 6 nitrogen and oxygen atoms in total. The molecule has 0 amide bonds. The maximum atomic E-state index is 13.1. The summed E-state index contributed by atoms with van der Waals surface area (Å²) in [6.07, 6.45) is 0. The lowest BCUT2D eigenvalue weighted by Crippen LogP contribution is -2.29. The summed E-state index contributed by atoms with van der Waals surface area (Å²) >= 11 is 0. The highest BCUT2D eigenvalue weighted by molar-refractivity contribution is 7.87. The second-order valence-electron chi connectivity index (χ2n) is 6.80. The fourth-order valence-electron chi connectivity index (χ4n) is 3.05. The van der Waals surface area contributed by atoms with Crippen LogP contribution in [0, 0.1) is 20.8 Å². The molecule has 0 aliphatic rings. The molecule has 0 N–H and O–H groups in total. The van der Waals surface area contributed by atoms with Gasteiger partial charge >= 0.3 is 10.1 Å². The molecule has 0 spiro atoms. The Labute approximate surface area is 169 Å². The molecule has 1 heterocycles. The number of aryl methyl sites for hydroxylation is 1. The molecule has 0 aliphatic heterocycles. The van der Waals surface area contributed by atoms with Gasteiger partial charge in [-0.15, -0.1) is 0 Å². The molecule has 150 valence electrons. The lowest BCUT2D eigenvalue weighted by Gasteiger charge is -2.19. The molecule has 0 aliphatic carbocycles. The number of pyridine rings is 1. The molecule has 3 rings (SSSR count). The zero-order chi connectivity index (χ0) is 21.3. The number of Topliss-reactive ketones (excluding diaryl/α,β-unsaturated/α-hetero) is 1. The summed E-state index contributed by atoms with van der Waals surface area (Å²) in [5.41, 5.74) is 1.43. The topological polar surface area (TPSA) is 82.4 Å². The molecule has 0 unspecified atom stereocenters. The number of hydrogen-bond donors (Lipinski definition) is 0. The fraction of sp³-hybridized carbons (Fsp3) is 0.182. The minimum Gasteiger partial charge on any atom is -0.378 e. The summed E-state index contributed by atoms with van der Waals surface area (Å²) in [6, 6.07) is 15.0. The summed E-state index contributed by atoms with van der Waals surface area (Å²) < 4.78 is 32.3. The molecular weight excluding hydrogens is 390 g/mol. The molecule has 0 fully saturated rings. The fourth-order valence-corrected chi connectivity index (χ4v) is 4.04. The smallest absolute Gasteiger partial charge is 0.339 e. The van der Waals surface area contributed by atoms with Crippen molar-refractivity contribution >= 4 is 15.9 Å². The zero-order valence-electron chi connectivity index (χ0n) is 16.6. The van der Waals surface area contributed by atoms with Crippen LogP contribution in [-0.4, -0.2) is 18.8 Å². The number of hydrogen-bond acceptors (Lipinski definition) is 5. The normalized spacial score (nSPS) is 11.3. The van der Waals surface area contributed by atoms with Crippen LogP contribution in [0.4, 0.5) is 0 Å². The van der Waals surface area contributed by atoms with Gasteiger partial charge in [0.25, 0.3) is 5.56 Å². The Morgan fingerprint density at radius 3 is 2.07 bits per heavy atom. The third-order valence-electron chi connectivity index (χ3n) is 4.73. The lowest BCUT2D eigenvalue weighted by molar-refractivity contribution is 0.101. The monoisotopic (exact) mass is 411 g/mol. The maximum absolute atomic E-state index is 13.1. The van der Waals surface area contributed by atoms with E-state index in [-0.39, 0.29) is 16.2 Å². The van der Waals surface area contributed by atoms with Gasteiger partial charge in [0.05, 0.1) is 0 Å². The van der Waals surface area contributed by atoms with Crippen LogP contribution in [0.3, 0.4) is 0 Å². The average Bonchev–Trinajstić information content (AvgIpc) is 2.67. The van der Waals surface area contributed by atoms with Gasteiger partial charge in [-0.1, -0.05) is 35.9 Å². The molecule has 29 heavy (non-hydrogen) atoms. The number of aromatic nitrogens is 1. The van der Waals surface area contributed by atoms with E-state index in [2.05, 4.69) is 0 Å². The van der Waals surface area contributed by atoms with Crippen LogP contribution in [0.1, 0.15) is 34.1 Å². The van der Waals surface area contributed by atoms with Gasteiger partial charge in [0.1, 0.15) is 10.5 Å². The summed E-state index contributed by atoms with van der Waals surface area (Å²) in [6.45, 7) is 6.35. The highest BCUT2D eigenvalue weighted by atomic mass is 32.2. The summed E-state index contributed by atoms with van der Waals surface area (Å²) in [5, 5.41) is 0. The molecule has 2 aromatic carbocycles. The van der Waals surface area contributed by atoms with Gasteiger partial charge in [0.2, 0.25) is 0 Å². The van der Waals surface area contributed by atoms with E-state index in [1.807, 2.05) is 13.0 Å². The first-order valence-electron chi connectivity index (χ1n) is 8.97. The predicted molar refractivity (Wildman–Crippen MR) is 111 cm³/mol. The molecule has 1 aromatic heterocycles. The number of benzene rings is 2. The molecule has 3 aromatic rings. The van der Waals surface area contributed by atoms with Gasteiger partial charge < -0.3 is 4.18 Å². The number of nitrogens with zero attached hydrogens (tertiary/aromatic N) is 1. The molecule has 0 radical (unpaired) electrons. The number of ketones is 1. The van der Waals surface area contributed by atoms with E-state index in [0.29, 0.717) is 16.9 Å². The molecule has 0 atom stereocenters. The van der Waals surface area contributed by atoms with Crippen molar-refractivity contribution in [1.82, 2.24) is 4.57 Å². The van der Waals surface area contributed by atoms with Crippen molar-refractivity contribution in [2.24, 2.45) is 0 Å².